The molecule has 18 rings (SSSR count). The Labute approximate surface area is 492 Å². The molecule has 0 aliphatic heterocycles. The van der Waals surface area contributed by atoms with Gasteiger partial charge >= 0.3 is 0 Å². The van der Waals surface area contributed by atoms with Crippen LogP contribution in [0.4, 0.5) is 0 Å². The summed E-state index contributed by atoms with van der Waals surface area (Å²) >= 11 is 3.76. The Morgan fingerprint density at radius 1 is 0.193 bits per heavy atom. The van der Waals surface area contributed by atoms with Crippen LogP contribution in [0.3, 0.4) is 0 Å². The summed E-state index contributed by atoms with van der Waals surface area (Å²) in [5.41, 5.74) is 6.69. The molecule has 0 atom stereocenters. The third kappa shape index (κ3) is 9.74. The molecule has 2 aromatic heterocycles. The molecule has 396 valence electrons. The van der Waals surface area contributed by atoms with Crippen molar-refractivity contribution in [2.24, 2.45) is 0 Å². The van der Waals surface area contributed by atoms with Gasteiger partial charge in [0.25, 0.3) is 0 Å². The molecule has 0 radical (unpaired) electrons. The molecule has 0 saturated heterocycles. The Kier molecular flexibility index (Phi) is 13.6. The molecule has 0 N–H and O–H groups in total. The first-order chi connectivity index (χ1) is 40.7. The standard InChI is InChI=1S/C21H14.C19H14.C15H12.2C13H10S/c1-13-11-12-19-17-9-3-6-14-5-2-8-16(20(14)17)18-10-4-7-15(13)21(18)19;1-13-6-7-15-9-10-17-16-5-3-2-4-14(16)8-11-18(17)19(15)12-13;1-11-6-7-14-9-12-4-2-3-5-13(12)10-15(14)8-11;1-9-5-4-7-11-10-6-2-3-8-12(10)14-13(9)11;1-9-6-7-13-11(8-9)10-4-2-3-5-12(10)14-13/h2-12H,1H3;2-12H,1H3;2-10H,1H3;2*2-8H,1H3. The minimum atomic E-state index is 1.31. The summed E-state index contributed by atoms with van der Waals surface area (Å²) in [6.07, 6.45) is 0. The summed E-state index contributed by atoms with van der Waals surface area (Å²) in [5.74, 6) is 0. The SMILES string of the molecule is Cc1ccc2c3cccc4cccc(c5cccc1c52)c43.Cc1ccc2cc3ccccc3cc2c1.Cc1ccc2ccc3c4ccccc4ccc3c2c1.Cc1ccc2sc3ccccc3c2c1.Cc1cccc2c1sc1ccccc12. The summed E-state index contributed by atoms with van der Waals surface area (Å²) in [5, 5.41) is 29.8. The van der Waals surface area contributed by atoms with E-state index < -0.39 is 0 Å². The van der Waals surface area contributed by atoms with Gasteiger partial charge in [0.15, 0.2) is 0 Å². The number of hydrogen-bond donors (Lipinski definition) is 0. The molecule has 0 amide bonds. The minimum absolute atomic E-state index is 1.31. The van der Waals surface area contributed by atoms with E-state index in [9.17, 15) is 0 Å². The number of fused-ring (bicyclic) bond motifs is 15. The molecule has 0 aliphatic rings. The van der Waals surface area contributed by atoms with Crippen LogP contribution in [0.5, 0.6) is 0 Å². The largest absolute Gasteiger partial charge is 0.135 e. The first-order valence-corrected chi connectivity index (χ1v) is 30.3. The van der Waals surface area contributed by atoms with Crippen LogP contribution in [0.15, 0.2) is 273 Å². The fourth-order valence-corrected chi connectivity index (χ4v) is 14.8. The highest BCUT2D eigenvalue weighted by molar-refractivity contribution is 7.26. The first kappa shape index (κ1) is 51.7. The van der Waals surface area contributed by atoms with Crippen LogP contribution >= 0.6 is 22.7 Å². The average Bonchev–Trinajstić information content (AvgIpc) is 3.40. The van der Waals surface area contributed by atoms with E-state index in [-0.39, 0.29) is 0 Å². The van der Waals surface area contributed by atoms with Crippen molar-refractivity contribution < 1.29 is 0 Å². The van der Waals surface area contributed by atoms with E-state index in [2.05, 4.69) is 308 Å². The smallest absolute Gasteiger partial charge is 0.0384 e. The van der Waals surface area contributed by atoms with Gasteiger partial charge in [0.05, 0.1) is 0 Å². The van der Waals surface area contributed by atoms with E-state index in [1.807, 2.05) is 22.7 Å². The predicted molar refractivity (Wildman–Crippen MR) is 370 cm³/mol. The van der Waals surface area contributed by atoms with Crippen LogP contribution in [0.1, 0.15) is 27.8 Å². The zero-order valence-electron chi connectivity index (χ0n) is 47.3. The third-order valence-corrected chi connectivity index (χ3v) is 19.1. The van der Waals surface area contributed by atoms with Crippen LogP contribution < -0.4 is 0 Å². The summed E-state index contributed by atoms with van der Waals surface area (Å²) < 4.78 is 5.58. The van der Waals surface area contributed by atoms with Crippen LogP contribution in [0, 0.1) is 34.6 Å². The van der Waals surface area contributed by atoms with Gasteiger partial charge in [-0.25, -0.2) is 0 Å². The fraction of sp³-hybridized carbons (Fsp3) is 0.0617. The lowest BCUT2D eigenvalue weighted by Crippen LogP contribution is -1.87. The second-order valence-corrected chi connectivity index (χ2v) is 24.4. The molecule has 2 heterocycles. The van der Waals surface area contributed by atoms with E-state index in [1.165, 1.54) is 165 Å². The zero-order chi connectivity index (χ0) is 56.1. The van der Waals surface area contributed by atoms with Gasteiger partial charge in [0.1, 0.15) is 0 Å². The topological polar surface area (TPSA) is 0 Å². The van der Waals surface area contributed by atoms with Crippen molar-refractivity contribution in [3.63, 3.8) is 0 Å². The Morgan fingerprint density at radius 3 is 1.34 bits per heavy atom. The van der Waals surface area contributed by atoms with Crippen molar-refractivity contribution in [3.05, 3.63) is 301 Å². The Balaban J connectivity index is 0.0000000935. The molecule has 0 bridgehead atoms. The van der Waals surface area contributed by atoms with Crippen molar-refractivity contribution in [1.82, 2.24) is 0 Å². The maximum atomic E-state index is 2.28. The highest BCUT2D eigenvalue weighted by Gasteiger charge is 2.13. The van der Waals surface area contributed by atoms with Crippen LogP contribution in [0.25, 0.3) is 137 Å². The monoisotopic (exact) mass is 1100 g/mol. The van der Waals surface area contributed by atoms with Gasteiger partial charge in [-0.15, -0.1) is 22.7 Å². The van der Waals surface area contributed by atoms with Gasteiger partial charge < -0.3 is 0 Å². The molecule has 2 heteroatoms. The normalized spacial score (nSPS) is 11.4. The maximum absolute atomic E-state index is 2.28. The van der Waals surface area contributed by atoms with Crippen LogP contribution in [-0.2, 0) is 0 Å². The number of thiophene rings is 2. The van der Waals surface area contributed by atoms with Gasteiger partial charge in [0.2, 0.25) is 0 Å². The summed E-state index contributed by atoms with van der Waals surface area (Å²) in [6, 6.07) is 98.7. The van der Waals surface area contributed by atoms with Crippen molar-refractivity contribution >= 4 is 160 Å². The van der Waals surface area contributed by atoms with Gasteiger partial charge in [0, 0.05) is 40.3 Å². The molecule has 18 aromatic rings. The minimum Gasteiger partial charge on any atom is -0.135 e. The maximum Gasteiger partial charge on any atom is 0.0384 e. The Hall–Kier alpha value is -9.44. The summed E-state index contributed by atoms with van der Waals surface area (Å²) in [6.45, 7) is 10.8. The molecule has 0 fully saturated rings. The highest BCUT2D eigenvalue weighted by atomic mass is 32.1. The summed E-state index contributed by atoms with van der Waals surface area (Å²) in [4.78, 5) is 0. The zero-order valence-corrected chi connectivity index (χ0v) is 48.9. The lowest BCUT2D eigenvalue weighted by Gasteiger charge is -2.15. The molecule has 0 nitrogen and oxygen atoms in total. The number of aryl methyl sites for hydroxylation is 5. The van der Waals surface area contributed by atoms with Crippen molar-refractivity contribution in [2.75, 3.05) is 0 Å². The number of hydrogen-bond acceptors (Lipinski definition) is 2. The Bertz CT molecular complexity index is 5400. The van der Waals surface area contributed by atoms with Crippen LogP contribution in [-0.4, -0.2) is 0 Å². The number of benzene rings is 16. The molecule has 0 aliphatic carbocycles. The second-order valence-electron chi connectivity index (χ2n) is 22.2. The summed E-state index contributed by atoms with van der Waals surface area (Å²) in [7, 11) is 0. The van der Waals surface area contributed by atoms with Gasteiger partial charge in [-0.1, -0.05) is 253 Å². The van der Waals surface area contributed by atoms with Gasteiger partial charge in [-0.2, -0.15) is 0 Å². The lowest BCUT2D eigenvalue weighted by atomic mass is 9.89. The van der Waals surface area contributed by atoms with Gasteiger partial charge in [-0.3, -0.25) is 0 Å². The lowest BCUT2D eigenvalue weighted by molar-refractivity contribution is 1.51. The van der Waals surface area contributed by atoms with E-state index in [0.29, 0.717) is 0 Å². The first-order valence-electron chi connectivity index (χ1n) is 28.7. The molecule has 0 spiro atoms. The average molecular weight is 1100 g/mol. The number of rotatable bonds is 0. The molecule has 0 unspecified atom stereocenters. The third-order valence-electron chi connectivity index (χ3n) is 16.6. The quantitative estimate of drug-likeness (QED) is 0.105. The van der Waals surface area contributed by atoms with Crippen molar-refractivity contribution in [1.29, 1.82) is 0 Å². The van der Waals surface area contributed by atoms with E-state index in [4.69, 9.17) is 0 Å². The molecular formula is C81H60S2. The molecular weight excluding hydrogens is 1040 g/mol. The second kappa shape index (κ2) is 21.8. The van der Waals surface area contributed by atoms with E-state index in [1.54, 1.807) is 0 Å². The molecule has 16 aromatic carbocycles. The fourth-order valence-electron chi connectivity index (χ4n) is 12.5. The highest BCUT2D eigenvalue weighted by Crippen LogP contribution is 2.42. The van der Waals surface area contributed by atoms with E-state index >= 15 is 0 Å². The predicted octanol–water partition coefficient (Wildman–Crippen LogP) is 24.5. The van der Waals surface area contributed by atoms with E-state index in [0.717, 1.165) is 0 Å². The Morgan fingerprint density at radius 2 is 0.614 bits per heavy atom. The van der Waals surface area contributed by atoms with Gasteiger partial charge in [-0.05, 0) is 179 Å². The molecule has 0 saturated carbocycles. The van der Waals surface area contributed by atoms with Crippen molar-refractivity contribution in [2.45, 2.75) is 34.6 Å². The van der Waals surface area contributed by atoms with Crippen LogP contribution in [0.2, 0.25) is 0 Å². The molecule has 83 heavy (non-hydrogen) atoms. The van der Waals surface area contributed by atoms with Crippen molar-refractivity contribution in [3.8, 4) is 0 Å².